The SMILES string of the molecule is CC(CNC(=O)C1CCCO1)C(=O)O. The summed E-state index contributed by atoms with van der Waals surface area (Å²) in [6, 6.07) is 0. The fourth-order valence-electron chi connectivity index (χ4n) is 1.24. The smallest absolute Gasteiger partial charge is 0.308 e. The van der Waals surface area contributed by atoms with Gasteiger partial charge in [0.15, 0.2) is 0 Å². The zero-order valence-electron chi connectivity index (χ0n) is 8.16. The van der Waals surface area contributed by atoms with Crippen LogP contribution in [0.1, 0.15) is 19.8 Å². The van der Waals surface area contributed by atoms with Gasteiger partial charge in [-0.3, -0.25) is 9.59 Å². The van der Waals surface area contributed by atoms with Crippen LogP contribution in [0.3, 0.4) is 0 Å². The third-order valence-electron chi connectivity index (χ3n) is 2.23. The first-order valence-corrected chi connectivity index (χ1v) is 4.73. The van der Waals surface area contributed by atoms with E-state index in [0.29, 0.717) is 6.61 Å². The summed E-state index contributed by atoms with van der Waals surface area (Å²) >= 11 is 0. The van der Waals surface area contributed by atoms with Crippen LogP contribution in [0.4, 0.5) is 0 Å². The molecule has 5 heteroatoms. The van der Waals surface area contributed by atoms with Crippen molar-refractivity contribution in [3.8, 4) is 0 Å². The van der Waals surface area contributed by atoms with Crippen molar-refractivity contribution in [1.29, 1.82) is 0 Å². The molecule has 0 spiro atoms. The Morgan fingerprint density at radius 3 is 2.86 bits per heavy atom. The molecule has 1 heterocycles. The summed E-state index contributed by atoms with van der Waals surface area (Å²) in [4.78, 5) is 21.8. The lowest BCUT2D eigenvalue weighted by atomic mass is 10.2. The second kappa shape index (κ2) is 4.95. The van der Waals surface area contributed by atoms with Crippen LogP contribution in [0.15, 0.2) is 0 Å². The molecule has 1 amide bonds. The molecule has 2 N–H and O–H groups in total. The first kappa shape index (κ1) is 11.0. The molecule has 0 aromatic carbocycles. The Morgan fingerprint density at radius 1 is 1.64 bits per heavy atom. The van der Waals surface area contributed by atoms with Crippen LogP contribution < -0.4 is 5.32 Å². The molecule has 1 saturated heterocycles. The molecule has 0 radical (unpaired) electrons. The standard InChI is InChI=1S/C9H15NO4/c1-6(9(12)13)5-10-8(11)7-3-2-4-14-7/h6-7H,2-5H2,1H3,(H,10,11)(H,12,13). The highest BCUT2D eigenvalue weighted by molar-refractivity contribution is 5.81. The van der Waals surface area contributed by atoms with Crippen LogP contribution in [0, 0.1) is 5.92 Å². The van der Waals surface area contributed by atoms with Crippen LogP contribution in [-0.2, 0) is 14.3 Å². The molecule has 80 valence electrons. The molecule has 1 aliphatic rings. The van der Waals surface area contributed by atoms with Crippen LogP contribution >= 0.6 is 0 Å². The number of aliphatic carboxylic acids is 1. The lowest BCUT2D eigenvalue weighted by molar-refractivity contribution is -0.141. The monoisotopic (exact) mass is 201 g/mol. The van der Waals surface area contributed by atoms with Crippen molar-refractivity contribution in [2.75, 3.05) is 13.2 Å². The van der Waals surface area contributed by atoms with E-state index in [0.717, 1.165) is 12.8 Å². The Kier molecular flexibility index (Phi) is 3.88. The van der Waals surface area contributed by atoms with E-state index in [-0.39, 0.29) is 18.6 Å². The molecule has 0 saturated carbocycles. The summed E-state index contributed by atoms with van der Waals surface area (Å²) in [7, 11) is 0. The van der Waals surface area contributed by atoms with Gasteiger partial charge < -0.3 is 15.2 Å². The largest absolute Gasteiger partial charge is 0.481 e. The van der Waals surface area contributed by atoms with E-state index < -0.39 is 11.9 Å². The maximum atomic E-state index is 11.3. The lowest BCUT2D eigenvalue weighted by Crippen LogP contribution is -2.38. The fourth-order valence-corrected chi connectivity index (χ4v) is 1.24. The molecule has 1 aliphatic heterocycles. The van der Waals surface area contributed by atoms with Crippen LogP contribution in [0.5, 0.6) is 0 Å². The molecule has 1 rings (SSSR count). The maximum absolute atomic E-state index is 11.3. The molecule has 0 bridgehead atoms. The molecule has 5 nitrogen and oxygen atoms in total. The van der Waals surface area contributed by atoms with Crippen LogP contribution in [-0.4, -0.2) is 36.2 Å². The quantitative estimate of drug-likeness (QED) is 0.671. The third kappa shape index (κ3) is 2.99. The highest BCUT2D eigenvalue weighted by Crippen LogP contribution is 2.11. The molecular weight excluding hydrogens is 186 g/mol. The summed E-state index contributed by atoms with van der Waals surface area (Å²) in [5.74, 6) is -1.66. The Labute approximate surface area is 82.4 Å². The first-order valence-electron chi connectivity index (χ1n) is 4.73. The van der Waals surface area contributed by atoms with E-state index >= 15 is 0 Å². The Balaban J connectivity index is 2.23. The van der Waals surface area contributed by atoms with Gasteiger partial charge in [0.1, 0.15) is 6.10 Å². The highest BCUT2D eigenvalue weighted by Gasteiger charge is 2.24. The maximum Gasteiger partial charge on any atom is 0.308 e. The van der Waals surface area contributed by atoms with E-state index in [2.05, 4.69) is 5.32 Å². The summed E-state index contributed by atoms with van der Waals surface area (Å²) in [6.07, 6.45) is 1.25. The molecule has 2 atom stereocenters. The average Bonchev–Trinajstić information content (AvgIpc) is 2.66. The van der Waals surface area contributed by atoms with E-state index in [1.165, 1.54) is 0 Å². The molecule has 1 fully saturated rings. The number of nitrogens with one attached hydrogen (secondary N) is 1. The molecular formula is C9H15NO4. The van der Waals surface area contributed by atoms with Crippen molar-refractivity contribution in [2.24, 2.45) is 5.92 Å². The number of rotatable bonds is 4. The molecule has 0 aromatic heterocycles. The number of carbonyl (C=O) groups excluding carboxylic acids is 1. The summed E-state index contributed by atoms with van der Waals surface area (Å²) in [5.41, 5.74) is 0. The van der Waals surface area contributed by atoms with Crippen molar-refractivity contribution in [2.45, 2.75) is 25.9 Å². The Bertz CT molecular complexity index is 223. The van der Waals surface area contributed by atoms with Crippen LogP contribution in [0.2, 0.25) is 0 Å². The Morgan fingerprint density at radius 2 is 2.36 bits per heavy atom. The third-order valence-corrected chi connectivity index (χ3v) is 2.23. The average molecular weight is 201 g/mol. The number of carboxylic acid groups (broad SMARTS) is 1. The van der Waals surface area contributed by atoms with Crippen LogP contribution in [0.25, 0.3) is 0 Å². The van der Waals surface area contributed by atoms with Gasteiger partial charge in [0.2, 0.25) is 5.91 Å². The van der Waals surface area contributed by atoms with Gasteiger partial charge >= 0.3 is 5.97 Å². The fraction of sp³-hybridized carbons (Fsp3) is 0.778. The highest BCUT2D eigenvalue weighted by atomic mass is 16.5. The minimum Gasteiger partial charge on any atom is -0.481 e. The van der Waals surface area contributed by atoms with Crippen molar-refractivity contribution >= 4 is 11.9 Å². The number of carbonyl (C=O) groups is 2. The van der Waals surface area contributed by atoms with Gasteiger partial charge in [0, 0.05) is 13.2 Å². The lowest BCUT2D eigenvalue weighted by Gasteiger charge is -2.11. The first-order chi connectivity index (χ1) is 6.61. The van der Waals surface area contributed by atoms with E-state index in [4.69, 9.17) is 9.84 Å². The van der Waals surface area contributed by atoms with Gasteiger partial charge in [-0.15, -0.1) is 0 Å². The predicted octanol–water partition coefficient (Wildman–Crippen LogP) is 0.00230. The summed E-state index contributed by atoms with van der Waals surface area (Å²) < 4.78 is 5.15. The number of amides is 1. The Hall–Kier alpha value is -1.10. The second-order valence-corrected chi connectivity index (χ2v) is 3.49. The molecule has 0 aromatic rings. The molecule has 0 aliphatic carbocycles. The zero-order valence-corrected chi connectivity index (χ0v) is 8.16. The minimum atomic E-state index is -0.905. The summed E-state index contributed by atoms with van der Waals surface area (Å²) in [6.45, 7) is 2.33. The predicted molar refractivity (Wildman–Crippen MR) is 48.8 cm³/mol. The topological polar surface area (TPSA) is 75.6 Å². The number of carboxylic acids is 1. The number of hydrogen-bond donors (Lipinski definition) is 2. The van der Waals surface area contributed by atoms with Gasteiger partial charge in [-0.2, -0.15) is 0 Å². The summed E-state index contributed by atoms with van der Waals surface area (Å²) in [5, 5.41) is 11.1. The van der Waals surface area contributed by atoms with Gasteiger partial charge in [-0.05, 0) is 12.8 Å². The molecule has 2 unspecified atom stereocenters. The van der Waals surface area contributed by atoms with Gasteiger partial charge in [-0.25, -0.2) is 0 Å². The van der Waals surface area contributed by atoms with E-state index in [1.54, 1.807) is 6.92 Å². The minimum absolute atomic E-state index is 0.161. The van der Waals surface area contributed by atoms with Crippen molar-refractivity contribution in [3.05, 3.63) is 0 Å². The normalized spacial score (nSPS) is 23.1. The van der Waals surface area contributed by atoms with Crippen molar-refractivity contribution in [3.63, 3.8) is 0 Å². The van der Waals surface area contributed by atoms with Crippen molar-refractivity contribution in [1.82, 2.24) is 5.32 Å². The zero-order chi connectivity index (χ0) is 10.6. The van der Waals surface area contributed by atoms with E-state index in [1.807, 2.05) is 0 Å². The van der Waals surface area contributed by atoms with E-state index in [9.17, 15) is 9.59 Å². The van der Waals surface area contributed by atoms with Gasteiger partial charge in [0.05, 0.1) is 5.92 Å². The van der Waals surface area contributed by atoms with Gasteiger partial charge in [0.25, 0.3) is 0 Å². The second-order valence-electron chi connectivity index (χ2n) is 3.49. The number of ether oxygens (including phenoxy) is 1. The van der Waals surface area contributed by atoms with Gasteiger partial charge in [-0.1, -0.05) is 6.92 Å². The molecule has 14 heavy (non-hydrogen) atoms. The van der Waals surface area contributed by atoms with Crippen molar-refractivity contribution < 1.29 is 19.4 Å². The number of hydrogen-bond acceptors (Lipinski definition) is 3.